The number of aryl methyl sites for hydroxylation is 1. The van der Waals surface area contributed by atoms with Gasteiger partial charge in [-0.25, -0.2) is 4.39 Å². The van der Waals surface area contributed by atoms with E-state index in [9.17, 15) is 9.18 Å². The number of benzene rings is 2. The maximum atomic E-state index is 13.4. The van der Waals surface area contributed by atoms with Crippen molar-refractivity contribution < 1.29 is 9.18 Å². The number of nitrogens with zero attached hydrogens (tertiary/aromatic N) is 1. The number of rotatable bonds is 2. The first kappa shape index (κ1) is 14.4. The molecular weight excluding hydrogens is 309 g/mol. The molecule has 0 N–H and O–H groups in total. The van der Waals surface area contributed by atoms with Crippen molar-refractivity contribution in [2.75, 3.05) is 10.7 Å². The van der Waals surface area contributed by atoms with Crippen molar-refractivity contribution in [3.05, 3.63) is 64.4 Å². The number of thioether (sulfide) groups is 1. The van der Waals surface area contributed by atoms with E-state index < -0.39 is 0 Å². The number of carbonyl (C=O) groups excluding carboxylic acids is 1. The Morgan fingerprint density at radius 1 is 1.29 bits per heavy atom. The second-order valence-corrected chi connectivity index (χ2v) is 6.39. The average Bonchev–Trinajstić information content (AvgIpc) is 2.84. The molecule has 108 valence electrons. The van der Waals surface area contributed by atoms with Crippen LogP contribution >= 0.6 is 23.4 Å². The van der Waals surface area contributed by atoms with Gasteiger partial charge in [-0.2, -0.15) is 0 Å². The lowest BCUT2D eigenvalue weighted by Gasteiger charge is -2.24. The van der Waals surface area contributed by atoms with E-state index in [0.29, 0.717) is 10.8 Å². The largest absolute Gasteiger partial charge is 0.295 e. The van der Waals surface area contributed by atoms with E-state index in [1.165, 1.54) is 23.9 Å². The van der Waals surface area contributed by atoms with Crippen molar-refractivity contribution in [2.45, 2.75) is 12.3 Å². The van der Waals surface area contributed by atoms with Crippen molar-refractivity contribution in [3.63, 3.8) is 0 Å². The molecule has 0 aliphatic carbocycles. The standard InChI is InChI=1S/C16H13ClFNOS/c1-10-5-6-13(8-14(10)17)19-15(20)9-21-16(19)11-3-2-4-12(18)7-11/h2-8,16H,9H2,1H3. The molecule has 1 atom stereocenters. The van der Waals surface area contributed by atoms with Gasteiger partial charge in [0.05, 0.1) is 5.75 Å². The van der Waals surface area contributed by atoms with Gasteiger partial charge >= 0.3 is 0 Å². The van der Waals surface area contributed by atoms with E-state index in [-0.39, 0.29) is 17.1 Å². The first-order valence-electron chi connectivity index (χ1n) is 6.51. The zero-order valence-corrected chi connectivity index (χ0v) is 12.9. The van der Waals surface area contributed by atoms with E-state index in [1.807, 2.05) is 25.1 Å². The molecule has 1 fully saturated rings. The third-order valence-electron chi connectivity index (χ3n) is 3.44. The Bertz CT molecular complexity index is 706. The van der Waals surface area contributed by atoms with Gasteiger partial charge in [0.2, 0.25) is 5.91 Å². The molecule has 1 amide bonds. The highest BCUT2D eigenvalue weighted by molar-refractivity contribution is 8.00. The molecule has 2 nitrogen and oxygen atoms in total. The van der Waals surface area contributed by atoms with Gasteiger partial charge in [0.15, 0.2) is 0 Å². The molecular formula is C16H13ClFNOS. The minimum atomic E-state index is -0.297. The zero-order chi connectivity index (χ0) is 15.0. The summed E-state index contributed by atoms with van der Waals surface area (Å²) < 4.78 is 13.4. The molecule has 1 aliphatic rings. The monoisotopic (exact) mass is 321 g/mol. The Morgan fingerprint density at radius 2 is 2.10 bits per heavy atom. The molecule has 5 heteroatoms. The molecule has 0 radical (unpaired) electrons. The van der Waals surface area contributed by atoms with Gasteiger partial charge in [0, 0.05) is 10.7 Å². The number of anilines is 1. The fourth-order valence-corrected chi connectivity index (χ4v) is 3.68. The molecule has 0 spiro atoms. The Kier molecular flexibility index (Phi) is 3.91. The number of hydrogen-bond donors (Lipinski definition) is 0. The van der Waals surface area contributed by atoms with E-state index in [4.69, 9.17) is 11.6 Å². The summed E-state index contributed by atoms with van der Waals surface area (Å²) in [4.78, 5) is 13.9. The Balaban J connectivity index is 2.01. The Hall–Kier alpha value is -1.52. The third-order valence-corrected chi connectivity index (χ3v) is 5.05. The first-order valence-corrected chi connectivity index (χ1v) is 7.94. The van der Waals surface area contributed by atoms with Crippen LogP contribution in [0.4, 0.5) is 10.1 Å². The second-order valence-electron chi connectivity index (χ2n) is 4.92. The van der Waals surface area contributed by atoms with E-state index in [1.54, 1.807) is 17.0 Å². The van der Waals surface area contributed by atoms with Crippen molar-refractivity contribution >= 4 is 35.0 Å². The number of hydrogen-bond acceptors (Lipinski definition) is 2. The van der Waals surface area contributed by atoms with E-state index >= 15 is 0 Å². The van der Waals surface area contributed by atoms with E-state index in [0.717, 1.165) is 16.8 Å². The maximum absolute atomic E-state index is 13.4. The lowest BCUT2D eigenvalue weighted by Crippen LogP contribution is -2.27. The van der Waals surface area contributed by atoms with Crippen molar-refractivity contribution in [2.24, 2.45) is 0 Å². The molecule has 1 aliphatic heterocycles. The number of amides is 1. The highest BCUT2D eigenvalue weighted by Crippen LogP contribution is 2.42. The fraction of sp³-hybridized carbons (Fsp3) is 0.188. The van der Waals surface area contributed by atoms with Gasteiger partial charge in [-0.05, 0) is 42.3 Å². The molecule has 1 unspecified atom stereocenters. The molecule has 21 heavy (non-hydrogen) atoms. The van der Waals surface area contributed by atoms with Crippen molar-refractivity contribution in [1.29, 1.82) is 0 Å². The normalized spacial score (nSPS) is 18.3. The van der Waals surface area contributed by atoms with Crippen molar-refractivity contribution in [3.8, 4) is 0 Å². The summed E-state index contributed by atoms with van der Waals surface area (Å²) in [6.07, 6.45) is 0. The van der Waals surface area contributed by atoms with Crippen LogP contribution in [-0.2, 0) is 4.79 Å². The highest BCUT2D eigenvalue weighted by Gasteiger charge is 2.34. The summed E-state index contributed by atoms with van der Waals surface area (Å²) in [6.45, 7) is 1.91. The summed E-state index contributed by atoms with van der Waals surface area (Å²) in [7, 11) is 0. The predicted molar refractivity (Wildman–Crippen MR) is 85.3 cm³/mol. The van der Waals surface area contributed by atoms with Gasteiger partial charge in [-0.1, -0.05) is 29.8 Å². The Labute approximate surface area is 131 Å². The topological polar surface area (TPSA) is 20.3 Å². The van der Waals surface area contributed by atoms with Gasteiger partial charge in [-0.15, -0.1) is 11.8 Å². The SMILES string of the molecule is Cc1ccc(N2C(=O)CSC2c2cccc(F)c2)cc1Cl. The van der Waals surface area contributed by atoms with Gasteiger partial charge in [-0.3, -0.25) is 9.69 Å². The van der Waals surface area contributed by atoms with Crippen LogP contribution in [-0.4, -0.2) is 11.7 Å². The van der Waals surface area contributed by atoms with Gasteiger partial charge in [0.25, 0.3) is 0 Å². The molecule has 1 saturated heterocycles. The van der Waals surface area contributed by atoms with Crippen LogP contribution in [0.1, 0.15) is 16.5 Å². The predicted octanol–water partition coefficient (Wildman–Crippen LogP) is 4.57. The molecule has 0 aromatic heterocycles. The summed E-state index contributed by atoms with van der Waals surface area (Å²) in [5.41, 5.74) is 2.49. The third kappa shape index (κ3) is 2.78. The van der Waals surface area contributed by atoms with E-state index in [2.05, 4.69) is 0 Å². The zero-order valence-electron chi connectivity index (χ0n) is 11.3. The molecule has 2 aromatic rings. The van der Waals surface area contributed by atoms with Crippen molar-refractivity contribution in [1.82, 2.24) is 0 Å². The van der Waals surface area contributed by atoms with Crippen LogP contribution in [0.5, 0.6) is 0 Å². The fourth-order valence-electron chi connectivity index (χ4n) is 2.34. The molecule has 1 heterocycles. The van der Waals surface area contributed by atoms with Crippen LogP contribution in [0.2, 0.25) is 5.02 Å². The minimum absolute atomic E-state index is 0.00850. The van der Waals surface area contributed by atoms with Crippen LogP contribution < -0.4 is 4.90 Å². The van der Waals surface area contributed by atoms with Crippen LogP contribution in [0.3, 0.4) is 0 Å². The highest BCUT2D eigenvalue weighted by atomic mass is 35.5. The molecule has 2 aromatic carbocycles. The number of halogens is 2. The summed E-state index contributed by atoms with van der Waals surface area (Å²) in [6, 6.07) is 11.9. The van der Waals surface area contributed by atoms with Crippen LogP contribution in [0, 0.1) is 12.7 Å². The summed E-state index contributed by atoms with van der Waals surface area (Å²) in [5, 5.41) is 0.405. The van der Waals surface area contributed by atoms with Gasteiger partial charge < -0.3 is 0 Å². The lowest BCUT2D eigenvalue weighted by atomic mass is 10.1. The Morgan fingerprint density at radius 3 is 2.81 bits per heavy atom. The summed E-state index contributed by atoms with van der Waals surface area (Å²) >= 11 is 7.65. The molecule has 0 bridgehead atoms. The maximum Gasteiger partial charge on any atom is 0.238 e. The first-order chi connectivity index (χ1) is 10.1. The number of carbonyl (C=O) groups is 1. The smallest absolute Gasteiger partial charge is 0.238 e. The quantitative estimate of drug-likeness (QED) is 0.807. The second kappa shape index (κ2) is 5.70. The average molecular weight is 322 g/mol. The van der Waals surface area contributed by atoms with Crippen LogP contribution in [0.15, 0.2) is 42.5 Å². The summed E-state index contributed by atoms with van der Waals surface area (Å²) in [5.74, 6) is 0.0932. The van der Waals surface area contributed by atoms with Crippen LogP contribution in [0.25, 0.3) is 0 Å². The molecule has 0 saturated carbocycles. The lowest BCUT2D eigenvalue weighted by molar-refractivity contribution is -0.115. The molecule has 3 rings (SSSR count). The minimum Gasteiger partial charge on any atom is -0.295 e. The van der Waals surface area contributed by atoms with Gasteiger partial charge in [0.1, 0.15) is 11.2 Å².